The van der Waals surface area contributed by atoms with Crippen molar-refractivity contribution in [2.24, 2.45) is 5.92 Å². The highest BCUT2D eigenvalue weighted by Crippen LogP contribution is 2.28. The molecule has 0 amide bonds. The molecule has 130 valence electrons. The molecule has 1 aliphatic heterocycles. The summed E-state index contributed by atoms with van der Waals surface area (Å²) in [5.74, 6) is 1.63. The molecule has 1 N–H and O–H groups in total. The highest BCUT2D eigenvalue weighted by Gasteiger charge is 2.33. The van der Waals surface area contributed by atoms with Crippen LogP contribution in [-0.2, 0) is 16.4 Å². The quantitative estimate of drug-likeness (QED) is 0.738. The Hall–Kier alpha value is -2.10. The number of hydrogen-bond acceptors (Lipinski definition) is 6. The third-order valence-corrected chi connectivity index (χ3v) is 7.51. The Balaban J connectivity index is 1.43. The van der Waals surface area contributed by atoms with Crippen molar-refractivity contribution in [3.8, 4) is 11.4 Å². The number of sulfonamides is 1. The van der Waals surface area contributed by atoms with Gasteiger partial charge in [-0.25, -0.2) is 13.4 Å². The average molecular weight is 375 g/mol. The molecule has 0 saturated carbocycles. The summed E-state index contributed by atoms with van der Waals surface area (Å²) in [7, 11) is -3.36. The minimum absolute atomic E-state index is 0.240. The van der Waals surface area contributed by atoms with Crippen LogP contribution in [0.4, 0.5) is 0 Å². The summed E-state index contributed by atoms with van der Waals surface area (Å²) in [6.45, 7) is 1.07. The van der Waals surface area contributed by atoms with Gasteiger partial charge in [0.05, 0.1) is 0 Å². The van der Waals surface area contributed by atoms with Crippen molar-refractivity contribution in [3.05, 3.63) is 47.9 Å². The van der Waals surface area contributed by atoms with Crippen LogP contribution < -0.4 is 0 Å². The first-order chi connectivity index (χ1) is 12.1. The van der Waals surface area contributed by atoms with Gasteiger partial charge in [-0.15, -0.1) is 11.3 Å². The molecule has 3 aromatic rings. The van der Waals surface area contributed by atoms with Gasteiger partial charge >= 0.3 is 0 Å². The predicted molar refractivity (Wildman–Crippen MR) is 94.5 cm³/mol. The highest BCUT2D eigenvalue weighted by molar-refractivity contribution is 7.91. The third kappa shape index (κ3) is 3.35. The number of nitrogens with one attached hydrogen (secondary N) is 1. The van der Waals surface area contributed by atoms with Crippen molar-refractivity contribution in [1.82, 2.24) is 24.5 Å². The molecule has 1 saturated heterocycles. The fraction of sp³-hybridized carbons (Fsp3) is 0.312. The summed E-state index contributed by atoms with van der Waals surface area (Å²) in [4.78, 5) is 8.58. The van der Waals surface area contributed by atoms with Gasteiger partial charge in [0.25, 0.3) is 10.0 Å². The molecule has 1 fully saturated rings. The van der Waals surface area contributed by atoms with E-state index in [0.717, 1.165) is 17.8 Å². The molecule has 7 nitrogen and oxygen atoms in total. The van der Waals surface area contributed by atoms with Gasteiger partial charge in [0, 0.05) is 37.5 Å². The molecule has 1 aliphatic rings. The van der Waals surface area contributed by atoms with Crippen molar-refractivity contribution in [3.63, 3.8) is 0 Å². The van der Waals surface area contributed by atoms with Crippen LogP contribution in [-0.4, -0.2) is 46.0 Å². The lowest BCUT2D eigenvalue weighted by Crippen LogP contribution is -2.28. The van der Waals surface area contributed by atoms with Crippen molar-refractivity contribution >= 4 is 21.4 Å². The van der Waals surface area contributed by atoms with E-state index >= 15 is 0 Å². The predicted octanol–water partition coefficient (Wildman–Crippen LogP) is 2.18. The molecular formula is C16H17N5O2S2. The lowest BCUT2D eigenvalue weighted by atomic mass is 10.1. The number of thiophene rings is 1. The van der Waals surface area contributed by atoms with E-state index in [1.54, 1.807) is 34.2 Å². The molecule has 0 spiro atoms. The fourth-order valence-electron chi connectivity index (χ4n) is 3.00. The van der Waals surface area contributed by atoms with Crippen LogP contribution >= 0.6 is 11.3 Å². The minimum atomic E-state index is -3.36. The highest BCUT2D eigenvalue weighted by atomic mass is 32.2. The maximum absolute atomic E-state index is 12.6. The summed E-state index contributed by atoms with van der Waals surface area (Å²) in [5.41, 5.74) is 0.860. The van der Waals surface area contributed by atoms with E-state index in [4.69, 9.17) is 0 Å². The zero-order chi connectivity index (χ0) is 17.3. The van der Waals surface area contributed by atoms with Gasteiger partial charge in [-0.1, -0.05) is 6.07 Å². The van der Waals surface area contributed by atoms with Crippen molar-refractivity contribution < 1.29 is 8.42 Å². The smallest absolute Gasteiger partial charge is 0.252 e. The van der Waals surface area contributed by atoms with E-state index in [1.807, 2.05) is 12.1 Å². The molecule has 0 radical (unpaired) electrons. The van der Waals surface area contributed by atoms with Crippen LogP contribution in [0.1, 0.15) is 12.2 Å². The summed E-state index contributed by atoms with van der Waals surface area (Å²) in [6.07, 6.45) is 4.94. The Morgan fingerprint density at radius 1 is 1.32 bits per heavy atom. The van der Waals surface area contributed by atoms with E-state index in [-0.39, 0.29) is 5.92 Å². The summed E-state index contributed by atoms with van der Waals surface area (Å²) in [6, 6.07) is 7.17. The minimum Gasteiger partial charge on any atom is -0.264 e. The first-order valence-corrected chi connectivity index (χ1v) is 10.3. The second kappa shape index (κ2) is 6.66. The standard InChI is InChI=1S/C16H17N5O2S2/c22-25(23,15-4-2-8-24-15)21-7-5-12(11-21)9-14-18-16(20-19-14)13-3-1-6-17-10-13/h1-4,6,8,10,12H,5,7,9,11H2,(H,18,19,20). The largest absolute Gasteiger partial charge is 0.264 e. The first-order valence-electron chi connectivity index (χ1n) is 7.98. The second-order valence-corrected chi connectivity index (χ2v) is 9.11. The van der Waals surface area contributed by atoms with Gasteiger partial charge < -0.3 is 0 Å². The summed E-state index contributed by atoms with van der Waals surface area (Å²) < 4.78 is 27.1. The molecule has 9 heteroatoms. The van der Waals surface area contributed by atoms with Crippen molar-refractivity contribution in [2.75, 3.05) is 13.1 Å². The van der Waals surface area contributed by atoms with Crippen LogP contribution in [0.3, 0.4) is 0 Å². The van der Waals surface area contributed by atoms with Gasteiger partial charge in [0.1, 0.15) is 10.0 Å². The maximum atomic E-state index is 12.6. The third-order valence-electron chi connectivity index (χ3n) is 4.27. The van der Waals surface area contributed by atoms with Crippen molar-refractivity contribution in [1.29, 1.82) is 0 Å². The zero-order valence-corrected chi connectivity index (χ0v) is 15.0. The lowest BCUT2D eigenvalue weighted by molar-refractivity contribution is 0.455. The van der Waals surface area contributed by atoms with E-state index in [9.17, 15) is 8.42 Å². The SMILES string of the molecule is O=S(=O)(c1cccs1)N1CCC(Cc2nc(-c3cccnc3)n[nH]2)C1. The van der Waals surface area contributed by atoms with Crippen molar-refractivity contribution in [2.45, 2.75) is 17.1 Å². The molecule has 3 aromatic heterocycles. The van der Waals surface area contributed by atoms with Crippen LogP contribution in [0, 0.1) is 5.92 Å². The first kappa shape index (κ1) is 16.4. The van der Waals surface area contributed by atoms with Crippen LogP contribution in [0.25, 0.3) is 11.4 Å². The topological polar surface area (TPSA) is 91.8 Å². The summed E-state index contributed by atoms with van der Waals surface area (Å²) >= 11 is 1.26. The Morgan fingerprint density at radius 2 is 2.24 bits per heavy atom. The van der Waals surface area contributed by atoms with Gasteiger partial charge in [-0.2, -0.15) is 9.40 Å². The van der Waals surface area contributed by atoms with Gasteiger partial charge in [-0.05, 0) is 35.9 Å². The molecule has 0 aliphatic carbocycles. The Labute approximate surface area is 149 Å². The molecule has 4 rings (SSSR count). The van der Waals surface area contributed by atoms with E-state index in [1.165, 1.54) is 11.3 Å². The number of nitrogens with zero attached hydrogens (tertiary/aromatic N) is 4. The number of pyridine rings is 1. The Kier molecular flexibility index (Phi) is 4.36. The van der Waals surface area contributed by atoms with E-state index < -0.39 is 10.0 Å². The normalized spacial score (nSPS) is 18.6. The van der Waals surface area contributed by atoms with Gasteiger partial charge in [-0.3, -0.25) is 10.1 Å². The molecule has 1 unspecified atom stereocenters. The zero-order valence-electron chi connectivity index (χ0n) is 13.4. The Morgan fingerprint density at radius 3 is 3.00 bits per heavy atom. The monoisotopic (exact) mass is 375 g/mol. The Bertz CT molecular complexity index is 938. The molecule has 0 aromatic carbocycles. The number of H-pyrrole nitrogens is 1. The number of hydrogen-bond donors (Lipinski definition) is 1. The molecule has 0 bridgehead atoms. The number of rotatable bonds is 5. The lowest BCUT2D eigenvalue weighted by Gasteiger charge is -2.14. The molecular weight excluding hydrogens is 358 g/mol. The number of aromatic amines is 1. The molecule has 1 atom stereocenters. The average Bonchev–Trinajstić information content (AvgIpc) is 3.38. The van der Waals surface area contributed by atoms with Crippen LogP contribution in [0.15, 0.2) is 46.2 Å². The fourth-order valence-corrected chi connectivity index (χ4v) is 5.68. The molecule has 4 heterocycles. The summed E-state index contributed by atoms with van der Waals surface area (Å²) in [5, 5.41) is 8.97. The second-order valence-electron chi connectivity index (χ2n) is 6.00. The molecule has 25 heavy (non-hydrogen) atoms. The van der Waals surface area contributed by atoms with Gasteiger partial charge in [0.15, 0.2) is 5.82 Å². The van der Waals surface area contributed by atoms with E-state index in [0.29, 0.717) is 29.5 Å². The van der Waals surface area contributed by atoms with E-state index in [2.05, 4.69) is 20.2 Å². The van der Waals surface area contributed by atoms with Gasteiger partial charge in [0.2, 0.25) is 0 Å². The number of aromatic nitrogens is 4. The maximum Gasteiger partial charge on any atom is 0.252 e. The van der Waals surface area contributed by atoms with Crippen LogP contribution in [0.5, 0.6) is 0 Å². The van der Waals surface area contributed by atoms with Crippen LogP contribution in [0.2, 0.25) is 0 Å².